The van der Waals surface area contributed by atoms with Crippen molar-refractivity contribution in [1.82, 2.24) is 5.43 Å². The SMILES string of the molecule is CCc1ccc(C(Cc2cccc(C)c2)NN)cc1. The molecule has 2 aromatic rings. The first-order valence-corrected chi connectivity index (χ1v) is 6.83. The van der Waals surface area contributed by atoms with E-state index in [0.29, 0.717) is 0 Å². The third kappa shape index (κ3) is 3.66. The van der Waals surface area contributed by atoms with Crippen LogP contribution in [0.3, 0.4) is 0 Å². The Morgan fingerprint density at radius 2 is 1.79 bits per heavy atom. The van der Waals surface area contributed by atoms with Crippen LogP contribution in [0.25, 0.3) is 0 Å². The van der Waals surface area contributed by atoms with E-state index >= 15 is 0 Å². The summed E-state index contributed by atoms with van der Waals surface area (Å²) >= 11 is 0. The molecule has 0 amide bonds. The zero-order valence-corrected chi connectivity index (χ0v) is 11.7. The highest BCUT2D eigenvalue weighted by Crippen LogP contribution is 2.19. The Morgan fingerprint density at radius 3 is 2.37 bits per heavy atom. The lowest BCUT2D eigenvalue weighted by Crippen LogP contribution is -2.29. The molecule has 2 heteroatoms. The summed E-state index contributed by atoms with van der Waals surface area (Å²) in [7, 11) is 0. The first kappa shape index (κ1) is 13.8. The molecule has 0 saturated carbocycles. The van der Waals surface area contributed by atoms with Gasteiger partial charge in [-0.1, -0.05) is 61.0 Å². The van der Waals surface area contributed by atoms with Crippen molar-refractivity contribution in [2.45, 2.75) is 32.7 Å². The Morgan fingerprint density at radius 1 is 1.05 bits per heavy atom. The minimum Gasteiger partial charge on any atom is -0.271 e. The Labute approximate surface area is 115 Å². The Hall–Kier alpha value is -1.64. The smallest absolute Gasteiger partial charge is 0.0500 e. The average molecular weight is 254 g/mol. The summed E-state index contributed by atoms with van der Waals surface area (Å²) < 4.78 is 0. The lowest BCUT2D eigenvalue weighted by atomic mass is 9.97. The highest BCUT2D eigenvalue weighted by Gasteiger charge is 2.10. The molecule has 2 aromatic carbocycles. The van der Waals surface area contributed by atoms with Crippen LogP contribution in [-0.4, -0.2) is 0 Å². The minimum atomic E-state index is 0.160. The number of hydrogen-bond acceptors (Lipinski definition) is 2. The average Bonchev–Trinajstić information content (AvgIpc) is 2.45. The van der Waals surface area contributed by atoms with Crippen LogP contribution in [0.5, 0.6) is 0 Å². The summed E-state index contributed by atoms with van der Waals surface area (Å²) in [5, 5.41) is 0. The number of nitrogens with one attached hydrogen (secondary N) is 1. The Bertz CT molecular complexity index is 517. The summed E-state index contributed by atoms with van der Waals surface area (Å²) in [4.78, 5) is 0. The number of rotatable bonds is 5. The van der Waals surface area contributed by atoms with Crippen molar-refractivity contribution in [3.63, 3.8) is 0 Å². The predicted octanol–water partition coefficient (Wildman–Crippen LogP) is 3.30. The monoisotopic (exact) mass is 254 g/mol. The standard InChI is InChI=1S/C17H22N2/c1-3-14-7-9-16(10-8-14)17(19-18)12-15-6-4-5-13(2)11-15/h4-11,17,19H,3,12,18H2,1-2H3. The van der Waals surface area contributed by atoms with Gasteiger partial charge in [0.1, 0.15) is 0 Å². The van der Waals surface area contributed by atoms with Crippen LogP contribution in [0.2, 0.25) is 0 Å². The maximum atomic E-state index is 5.71. The molecule has 0 aromatic heterocycles. The second kappa shape index (κ2) is 6.50. The maximum Gasteiger partial charge on any atom is 0.0500 e. The van der Waals surface area contributed by atoms with E-state index in [2.05, 4.69) is 67.8 Å². The summed E-state index contributed by atoms with van der Waals surface area (Å²) in [5.41, 5.74) is 8.11. The molecule has 0 radical (unpaired) electrons. The summed E-state index contributed by atoms with van der Waals surface area (Å²) in [6.45, 7) is 4.28. The van der Waals surface area contributed by atoms with Crippen molar-refractivity contribution < 1.29 is 0 Å². The van der Waals surface area contributed by atoms with Crippen molar-refractivity contribution in [2.24, 2.45) is 5.84 Å². The topological polar surface area (TPSA) is 38.0 Å². The normalized spacial score (nSPS) is 12.4. The number of hydrazine groups is 1. The first-order chi connectivity index (χ1) is 9.22. The summed E-state index contributed by atoms with van der Waals surface area (Å²) in [6, 6.07) is 17.4. The molecule has 19 heavy (non-hydrogen) atoms. The molecule has 0 aliphatic heterocycles. The molecule has 0 spiro atoms. The van der Waals surface area contributed by atoms with Crippen LogP contribution in [0.1, 0.15) is 35.2 Å². The molecule has 2 rings (SSSR count). The van der Waals surface area contributed by atoms with Crippen LogP contribution in [0.15, 0.2) is 48.5 Å². The van der Waals surface area contributed by atoms with Gasteiger partial charge in [0.05, 0.1) is 0 Å². The number of nitrogens with two attached hydrogens (primary N) is 1. The van der Waals surface area contributed by atoms with Crippen LogP contribution in [0.4, 0.5) is 0 Å². The van der Waals surface area contributed by atoms with Gasteiger partial charge >= 0.3 is 0 Å². The van der Waals surface area contributed by atoms with Crippen LogP contribution in [0, 0.1) is 6.92 Å². The van der Waals surface area contributed by atoms with Gasteiger partial charge in [0.15, 0.2) is 0 Å². The molecule has 2 nitrogen and oxygen atoms in total. The van der Waals surface area contributed by atoms with Gasteiger partial charge in [-0.05, 0) is 36.5 Å². The second-order valence-corrected chi connectivity index (χ2v) is 5.01. The van der Waals surface area contributed by atoms with Crippen LogP contribution >= 0.6 is 0 Å². The number of benzene rings is 2. The predicted molar refractivity (Wildman–Crippen MR) is 80.8 cm³/mol. The highest BCUT2D eigenvalue weighted by atomic mass is 15.2. The molecule has 0 aliphatic carbocycles. The van der Waals surface area contributed by atoms with Gasteiger partial charge in [0.2, 0.25) is 0 Å². The van der Waals surface area contributed by atoms with Crippen molar-refractivity contribution in [3.8, 4) is 0 Å². The first-order valence-electron chi connectivity index (χ1n) is 6.83. The molecule has 0 fully saturated rings. The third-order valence-electron chi connectivity index (χ3n) is 3.51. The van der Waals surface area contributed by atoms with E-state index in [0.717, 1.165) is 12.8 Å². The van der Waals surface area contributed by atoms with Gasteiger partial charge in [-0.3, -0.25) is 11.3 Å². The van der Waals surface area contributed by atoms with E-state index in [4.69, 9.17) is 5.84 Å². The van der Waals surface area contributed by atoms with Gasteiger partial charge in [0.25, 0.3) is 0 Å². The highest BCUT2D eigenvalue weighted by molar-refractivity contribution is 5.28. The lowest BCUT2D eigenvalue weighted by Gasteiger charge is -2.17. The summed E-state index contributed by atoms with van der Waals surface area (Å²) in [6.07, 6.45) is 1.97. The summed E-state index contributed by atoms with van der Waals surface area (Å²) in [5.74, 6) is 5.71. The van der Waals surface area contributed by atoms with Crippen molar-refractivity contribution in [2.75, 3.05) is 0 Å². The molecule has 0 aliphatic rings. The molecular formula is C17H22N2. The molecule has 0 heterocycles. The fourth-order valence-electron chi connectivity index (χ4n) is 2.33. The van der Waals surface area contributed by atoms with Gasteiger partial charge < -0.3 is 0 Å². The van der Waals surface area contributed by atoms with Gasteiger partial charge in [-0.25, -0.2) is 0 Å². The molecule has 0 bridgehead atoms. The molecule has 3 N–H and O–H groups in total. The second-order valence-electron chi connectivity index (χ2n) is 5.01. The van der Waals surface area contributed by atoms with E-state index in [1.54, 1.807) is 0 Å². The third-order valence-corrected chi connectivity index (χ3v) is 3.51. The van der Waals surface area contributed by atoms with E-state index in [-0.39, 0.29) is 6.04 Å². The zero-order chi connectivity index (χ0) is 13.7. The largest absolute Gasteiger partial charge is 0.271 e. The maximum absolute atomic E-state index is 5.71. The molecule has 100 valence electrons. The van der Waals surface area contributed by atoms with Crippen LogP contribution < -0.4 is 11.3 Å². The Balaban J connectivity index is 2.15. The van der Waals surface area contributed by atoms with E-state index in [1.165, 1.54) is 22.3 Å². The molecular weight excluding hydrogens is 232 g/mol. The lowest BCUT2D eigenvalue weighted by molar-refractivity contribution is 0.551. The Kier molecular flexibility index (Phi) is 4.72. The fourth-order valence-corrected chi connectivity index (χ4v) is 2.33. The van der Waals surface area contributed by atoms with Crippen molar-refractivity contribution >= 4 is 0 Å². The molecule has 0 saturated heterocycles. The van der Waals surface area contributed by atoms with E-state index in [1.807, 2.05) is 0 Å². The number of aryl methyl sites for hydroxylation is 2. The molecule has 1 unspecified atom stereocenters. The zero-order valence-electron chi connectivity index (χ0n) is 11.7. The quantitative estimate of drug-likeness (QED) is 0.634. The van der Waals surface area contributed by atoms with Gasteiger partial charge in [-0.15, -0.1) is 0 Å². The van der Waals surface area contributed by atoms with Crippen molar-refractivity contribution in [3.05, 3.63) is 70.8 Å². The van der Waals surface area contributed by atoms with Crippen LogP contribution in [-0.2, 0) is 12.8 Å². The van der Waals surface area contributed by atoms with E-state index in [9.17, 15) is 0 Å². The van der Waals surface area contributed by atoms with Gasteiger partial charge in [-0.2, -0.15) is 0 Å². The fraction of sp³-hybridized carbons (Fsp3) is 0.294. The minimum absolute atomic E-state index is 0.160. The molecule has 1 atom stereocenters. The van der Waals surface area contributed by atoms with E-state index < -0.39 is 0 Å². The number of hydrogen-bond donors (Lipinski definition) is 2. The van der Waals surface area contributed by atoms with Gasteiger partial charge in [0, 0.05) is 6.04 Å². The van der Waals surface area contributed by atoms with Crippen molar-refractivity contribution in [1.29, 1.82) is 0 Å².